The van der Waals surface area contributed by atoms with E-state index in [1.807, 2.05) is 17.0 Å². The van der Waals surface area contributed by atoms with E-state index in [1.54, 1.807) is 37.5 Å². The molecule has 8 heteroatoms. The lowest BCUT2D eigenvalue weighted by Gasteiger charge is -2.40. The number of aliphatic hydroxyl groups is 1. The molecule has 32 heavy (non-hydrogen) atoms. The number of anilines is 1. The first-order valence-electron chi connectivity index (χ1n) is 10.3. The van der Waals surface area contributed by atoms with E-state index < -0.39 is 12.3 Å². The van der Waals surface area contributed by atoms with Crippen LogP contribution in [-0.4, -0.2) is 44.9 Å². The summed E-state index contributed by atoms with van der Waals surface area (Å²) in [5.41, 5.74) is 2.82. The Kier molecular flexibility index (Phi) is 6.01. The standard InChI is InChI=1S/C24H23N5O3/c1-15-18(4-2-5-20(15)30)24(32)28-23-21(31)6-3-11-29(23)22-8-7-16(14-27-22)19-9-10-26-13-17(19)12-25/h2,4-5,7-10,13-14,21,23,30-31H,3,6,11H2,1H3,(H,28,32)/t21-,23?/m0/s1. The lowest BCUT2D eigenvalue weighted by Crippen LogP contribution is -2.58. The maximum absolute atomic E-state index is 12.9. The largest absolute Gasteiger partial charge is 0.508 e. The maximum Gasteiger partial charge on any atom is 0.253 e. The molecule has 1 aromatic carbocycles. The highest BCUT2D eigenvalue weighted by atomic mass is 16.3. The number of carbonyl (C=O) groups excluding carboxylic acids is 1. The summed E-state index contributed by atoms with van der Waals surface area (Å²) in [6, 6.07) is 12.3. The molecule has 1 aliphatic heterocycles. The van der Waals surface area contributed by atoms with Crippen LogP contribution in [0.25, 0.3) is 11.1 Å². The minimum absolute atomic E-state index is 0.0452. The number of piperidine rings is 1. The Balaban J connectivity index is 1.59. The fraction of sp³-hybridized carbons (Fsp3) is 0.250. The zero-order chi connectivity index (χ0) is 22.7. The minimum Gasteiger partial charge on any atom is -0.508 e. The number of hydrogen-bond donors (Lipinski definition) is 3. The Labute approximate surface area is 185 Å². The highest BCUT2D eigenvalue weighted by Gasteiger charge is 2.33. The van der Waals surface area contributed by atoms with E-state index >= 15 is 0 Å². The molecule has 8 nitrogen and oxygen atoms in total. The number of aromatic nitrogens is 2. The second-order valence-electron chi connectivity index (χ2n) is 7.71. The van der Waals surface area contributed by atoms with Gasteiger partial charge in [-0.25, -0.2) is 4.98 Å². The van der Waals surface area contributed by atoms with Crippen molar-refractivity contribution in [2.24, 2.45) is 0 Å². The number of aromatic hydroxyl groups is 1. The molecule has 3 heterocycles. The molecular weight excluding hydrogens is 406 g/mol. The van der Waals surface area contributed by atoms with Gasteiger partial charge in [-0.2, -0.15) is 5.26 Å². The normalized spacial score (nSPS) is 18.1. The van der Waals surface area contributed by atoms with E-state index in [1.165, 1.54) is 12.3 Å². The lowest BCUT2D eigenvalue weighted by molar-refractivity contribution is 0.0745. The van der Waals surface area contributed by atoms with Gasteiger partial charge >= 0.3 is 0 Å². The van der Waals surface area contributed by atoms with Gasteiger partial charge < -0.3 is 20.4 Å². The number of benzene rings is 1. The van der Waals surface area contributed by atoms with E-state index in [2.05, 4.69) is 21.4 Å². The number of hydrogen-bond acceptors (Lipinski definition) is 7. The predicted molar refractivity (Wildman–Crippen MR) is 119 cm³/mol. The van der Waals surface area contributed by atoms with Crippen LogP contribution in [0.2, 0.25) is 0 Å². The monoisotopic (exact) mass is 429 g/mol. The van der Waals surface area contributed by atoms with Gasteiger partial charge in [0.1, 0.15) is 23.8 Å². The first-order valence-corrected chi connectivity index (χ1v) is 10.3. The van der Waals surface area contributed by atoms with Gasteiger partial charge in [0.05, 0.1) is 11.7 Å². The number of phenolic OH excluding ortho intramolecular Hbond substituents is 1. The van der Waals surface area contributed by atoms with E-state index in [-0.39, 0.29) is 11.7 Å². The summed E-state index contributed by atoms with van der Waals surface area (Å²) in [4.78, 5) is 23.3. The van der Waals surface area contributed by atoms with Crippen LogP contribution in [0, 0.1) is 18.3 Å². The average molecular weight is 429 g/mol. The van der Waals surface area contributed by atoms with Crippen LogP contribution in [0.3, 0.4) is 0 Å². The molecule has 0 radical (unpaired) electrons. The highest BCUT2D eigenvalue weighted by molar-refractivity contribution is 5.96. The van der Waals surface area contributed by atoms with E-state index in [9.17, 15) is 20.3 Å². The van der Waals surface area contributed by atoms with Gasteiger partial charge in [-0.15, -0.1) is 0 Å². The third-order valence-electron chi connectivity index (χ3n) is 5.72. The van der Waals surface area contributed by atoms with Crippen LogP contribution in [0.15, 0.2) is 55.0 Å². The Morgan fingerprint density at radius 3 is 2.84 bits per heavy atom. The predicted octanol–water partition coefficient (Wildman–Crippen LogP) is 2.75. The van der Waals surface area contributed by atoms with Crippen molar-refractivity contribution in [3.05, 3.63) is 71.7 Å². The fourth-order valence-corrected chi connectivity index (χ4v) is 3.94. The first-order chi connectivity index (χ1) is 15.5. The molecule has 3 N–H and O–H groups in total. The third kappa shape index (κ3) is 4.11. The second kappa shape index (κ2) is 9.04. The molecule has 2 aromatic heterocycles. The molecule has 3 aromatic rings. The quantitative estimate of drug-likeness (QED) is 0.583. The summed E-state index contributed by atoms with van der Waals surface area (Å²) in [5.74, 6) is 0.281. The number of nitrogens with zero attached hydrogens (tertiary/aromatic N) is 4. The molecule has 2 atom stereocenters. The number of phenols is 1. The molecule has 0 bridgehead atoms. The summed E-state index contributed by atoms with van der Waals surface area (Å²) >= 11 is 0. The Bertz CT molecular complexity index is 1170. The number of nitrogens with one attached hydrogen (secondary N) is 1. The van der Waals surface area contributed by atoms with Crippen molar-refractivity contribution in [2.45, 2.75) is 32.0 Å². The molecule has 0 spiro atoms. The number of pyridine rings is 2. The van der Waals surface area contributed by atoms with Crippen LogP contribution in [0.5, 0.6) is 5.75 Å². The second-order valence-corrected chi connectivity index (χ2v) is 7.71. The molecule has 1 unspecified atom stereocenters. The van der Waals surface area contributed by atoms with Crippen LogP contribution < -0.4 is 10.2 Å². The average Bonchev–Trinajstić information content (AvgIpc) is 2.82. The van der Waals surface area contributed by atoms with Crippen LogP contribution >= 0.6 is 0 Å². The van der Waals surface area contributed by atoms with Crippen LogP contribution in [-0.2, 0) is 0 Å². The van der Waals surface area contributed by atoms with Gasteiger partial charge in [0.25, 0.3) is 5.91 Å². The zero-order valence-electron chi connectivity index (χ0n) is 17.6. The highest BCUT2D eigenvalue weighted by Crippen LogP contribution is 2.27. The lowest BCUT2D eigenvalue weighted by atomic mass is 10.0. The van der Waals surface area contributed by atoms with Crippen molar-refractivity contribution < 1.29 is 15.0 Å². The number of carbonyl (C=O) groups is 1. The van der Waals surface area contributed by atoms with Crippen molar-refractivity contribution >= 4 is 11.7 Å². The van der Waals surface area contributed by atoms with Crippen molar-refractivity contribution in [1.29, 1.82) is 5.26 Å². The van der Waals surface area contributed by atoms with E-state index in [0.717, 1.165) is 17.5 Å². The summed E-state index contributed by atoms with van der Waals surface area (Å²) in [6.07, 6.45) is 4.69. The molecule has 1 aliphatic rings. The molecule has 1 saturated heterocycles. The molecule has 4 rings (SSSR count). The van der Waals surface area contributed by atoms with Gasteiger partial charge in [0.2, 0.25) is 0 Å². The molecule has 0 saturated carbocycles. The molecule has 162 valence electrons. The van der Waals surface area contributed by atoms with Gasteiger partial charge in [-0.05, 0) is 50.1 Å². The SMILES string of the molecule is Cc1c(O)cccc1C(=O)NC1[C@@H](O)CCCN1c1ccc(-c2ccncc2C#N)cn1. The van der Waals surface area contributed by atoms with Crippen molar-refractivity contribution in [1.82, 2.24) is 15.3 Å². The number of amides is 1. The van der Waals surface area contributed by atoms with Gasteiger partial charge in [0.15, 0.2) is 0 Å². The van der Waals surface area contributed by atoms with Crippen LogP contribution in [0.1, 0.15) is 34.3 Å². The van der Waals surface area contributed by atoms with Gasteiger partial charge in [-0.1, -0.05) is 6.07 Å². The first kappa shape index (κ1) is 21.3. The third-order valence-corrected chi connectivity index (χ3v) is 5.72. The van der Waals surface area contributed by atoms with Gasteiger partial charge in [0, 0.05) is 47.4 Å². The summed E-state index contributed by atoms with van der Waals surface area (Å²) in [5, 5.41) is 32.8. The summed E-state index contributed by atoms with van der Waals surface area (Å²) < 4.78 is 0. The topological polar surface area (TPSA) is 122 Å². The van der Waals surface area contributed by atoms with Crippen molar-refractivity contribution in [3.8, 4) is 22.9 Å². The summed E-state index contributed by atoms with van der Waals surface area (Å²) in [7, 11) is 0. The number of nitriles is 1. The molecule has 0 aliphatic carbocycles. The molecule has 1 fully saturated rings. The number of aliphatic hydroxyl groups excluding tert-OH is 1. The zero-order valence-corrected chi connectivity index (χ0v) is 17.6. The van der Waals surface area contributed by atoms with E-state index in [0.29, 0.717) is 35.5 Å². The van der Waals surface area contributed by atoms with Crippen molar-refractivity contribution in [3.63, 3.8) is 0 Å². The molecule has 1 amide bonds. The maximum atomic E-state index is 12.9. The fourth-order valence-electron chi connectivity index (χ4n) is 3.94. The Morgan fingerprint density at radius 2 is 2.09 bits per heavy atom. The number of rotatable bonds is 4. The van der Waals surface area contributed by atoms with E-state index in [4.69, 9.17) is 0 Å². The Hall–Kier alpha value is -3.96. The van der Waals surface area contributed by atoms with Gasteiger partial charge in [-0.3, -0.25) is 9.78 Å². The minimum atomic E-state index is -0.766. The molecular formula is C24H23N5O3. The Morgan fingerprint density at radius 1 is 1.25 bits per heavy atom. The van der Waals surface area contributed by atoms with Crippen LogP contribution in [0.4, 0.5) is 5.82 Å². The smallest absolute Gasteiger partial charge is 0.253 e. The summed E-state index contributed by atoms with van der Waals surface area (Å²) in [6.45, 7) is 2.29. The van der Waals surface area contributed by atoms with Crippen molar-refractivity contribution in [2.75, 3.05) is 11.4 Å².